The van der Waals surface area contributed by atoms with Crippen molar-refractivity contribution < 1.29 is 80.4 Å². The highest BCUT2D eigenvalue weighted by atomic mass is 32.2. The molecule has 23 heteroatoms. The second-order valence-corrected chi connectivity index (χ2v) is 35.7. The van der Waals surface area contributed by atoms with Gasteiger partial charge in [0.2, 0.25) is 0 Å². The van der Waals surface area contributed by atoms with Crippen molar-refractivity contribution in [2.24, 2.45) is 23.2 Å². The van der Waals surface area contributed by atoms with Gasteiger partial charge in [0, 0.05) is 105 Å². The zero-order valence-corrected chi connectivity index (χ0v) is 60.5. The smallest absolute Gasteiger partial charge is 0.162 e. The molecule has 0 spiro atoms. The number of sulfone groups is 5. The fraction of sp³-hybridized carbons (Fsp3) is 0.871. The minimum Gasteiger partial charge on any atom is -0.300 e. The van der Waals surface area contributed by atoms with Gasteiger partial charge in [0.05, 0.1) is 5.25 Å². The minimum absolute atomic E-state index is 0.0134. The third-order valence-corrected chi connectivity index (χ3v) is 27.2. The van der Waals surface area contributed by atoms with Crippen LogP contribution in [0.3, 0.4) is 0 Å². The first-order valence-corrected chi connectivity index (χ1v) is 39.7. The van der Waals surface area contributed by atoms with Crippen molar-refractivity contribution in [1.29, 1.82) is 0 Å². The maximum atomic E-state index is 11.5. The predicted octanol–water partition coefficient (Wildman–Crippen LogP) is 11.4. The Morgan fingerprint density at radius 1 is 0.494 bits per heavy atom. The van der Waals surface area contributed by atoms with Crippen LogP contribution >= 0.6 is 0 Å². The molecule has 5 atom stereocenters. The van der Waals surface area contributed by atoms with E-state index < -0.39 is 69.2 Å². The van der Waals surface area contributed by atoms with E-state index in [2.05, 4.69) is 27.7 Å². The van der Waals surface area contributed by atoms with Crippen LogP contribution in [-0.4, -0.2) is 143 Å². The van der Waals surface area contributed by atoms with Crippen molar-refractivity contribution >= 4 is 95.5 Å². The fourth-order valence-corrected chi connectivity index (χ4v) is 13.9. The molecule has 0 saturated heterocycles. The summed E-state index contributed by atoms with van der Waals surface area (Å²) >= 11 is 0. The Bertz CT molecular complexity index is 2580. The lowest BCUT2D eigenvalue weighted by Crippen LogP contribution is -2.41. The quantitative estimate of drug-likeness (QED) is 0.0604. The molecule has 0 aromatic carbocycles. The molecule has 3 saturated carbocycles. The van der Waals surface area contributed by atoms with Crippen LogP contribution in [0.4, 0.5) is 0 Å². The highest BCUT2D eigenvalue weighted by molar-refractivity contribution is 7.94. The zero-order chi connectivity index (χ0) is 68.2. The zero-order valence-electron chi connectivity index (χ0n) is 56.5. The Labute approximate surface area is 517 Å². The average molecular weight is 1310 g/mol. The van der Waals surface area contributed by atoms with Crippen LogP contribution in [0.2, 0.25) is 0 Å². The van der Waals surface area contributed by atoms with Gasteiger partial charge in [-0.15, -0.1) is 0 Å². The van der Waals surface area contributed by atoms with E-state index in [4.69, 9.17) is 0 Å². The maximum Gasteiger partial charge on any atom is 0.162 e. The van der Waals surface area contributed by atoms with Crippen molar-refractivity contribution in [2.45, 2.75) is 287 Å². The number of carbonyl (C=O) groups excluding carboxylic acids is 8. The summed E-state index contributed by atoms with van der Waals surface area (Å²) in [5.74, 6) is 2.40. The molecule has 3 aliphatic rings. The van der Waals surface area contributed by atoms with Crippen molar-refractivity contribution in [3.05, 3.63) is 0 Å². The first kappa shape index (κ1) is 90.8. The van der Waals surface area contributed by atoms with Crippen LogP contribution in [0.15, 0.2) is 0 Å². The summed E-state index contributed by atoms with van der Waals surface area (Å²) < 4.78 is 110. The molecule has 18 nitrogen and oxygen atoms in total. The van der Waals surface area contributed by atoms with Gasteiger partial charge >= 0.3 is 0 Å². The number of carbonyl (C=O) groups is 8. The second-order valence-electron chi connectivity index (χ2n) is 22.6. The summed E-state index contributed by atoms with van der Waals surface area (Å²) in [4.78, 5) is 87.8. The first-order chi connectivity index (χ1) is 38.9. The molecule has 504 valence electrons. The molecule has 0 heterocycles. The number of hydrogen-bond donors (Lipinski definition) is 0. The van der Waals surface area contributed by atoms with Gasteiger partial charge in [0.1, 0.15) is 55.2 Å². The normalized spacial score (nSPS) is 17.2. The highest BCUT2D eigenvalue weighted by Gasteiger charge is 2.58. The molecular formula is C62H118O18S5. The Balaban J connectivity index is -0.000000287. The fourth-order valence-electron chi connectivity index (χ4n) is 7.91. The lowest BCUT2D eigenvalue weighted by molar-refractivity contribution is -0.121. The van der Waals surface area contributed by atoms with Crippen LogP contribution in [0, 0.1) is 23.2 Å². The molecule has 0 amide bonds. The summed E-state index contributed by atoms with van der Waals surface area (Å²) in [6.07, 6.45) is 13.9. The maximum absolute atomic E-state index is 11.5. The standard InChI is InChI=1S/C9H16O.C8H14O3S.2C8H16O3S.C8H14O.C8H16O.C7H14O3S.C6H12O3S/c1-3-8(10)7-9(4-2)5-6-9;1-3-7(9)8(5-6-8)12(10,11)4-2;1-5-7(9)8(3,4)12(10,11)6-2;1-4-8(9)6-7(3)12(10,11)5-2;1-3-6-5-7(6)8(9)4-2;1-4-7(3)6-8(9)5-2;1-4-7(8)6(3)11(9,10)5-2;1-3-6(7)5-10(8,9)4-2/h3-7H2,1-2H3;3-6H2,1-2H3;5-6H2,1-4H3;7H,4-6H2,1-3H3;6-7H,3-5H2,1-2H3;7H,4-6H2,1-3H3;6H,4-5H2,1-3H3;3-5H2,1-2H3. The van der Waals surface area contributed by atoms with E-state index in [0.29, 0.717) is 79.5 Å². The molecule has 0 radical (unpaired) electrons. The molecule has 85 heavy (non-hydrogen) atoms. The molecule has 3 rings (SSSR count). The SMILES string of the molecule is CCC(=O)C(C)(C)S(=O)(=O)CC.CCC(=O)C(C)S(=O)(=O)CC.CCC(=O)C1(S(=O)(=O)CC)CC1.CCC(=O)C1CC1CC.CCC(=O)CC(C)CC.CCC(=O)CC(C)S(=O)(=O)CC.CCC(=O)CC1(CC)CC1.CCC(=O)CS(=O)(=O)CC. The number of Topliss-reactive ketones (excluding diaryl/α,β-unsaturated/α-hetero) is 8. The molecule has 0 aromatic heterocycles. The van der Waals surface area contributed by atoms with Crippen LogP contribution in [0.5, 0.6) is 0 Å². The second kappa shape index (κ2) is 43.7. The molecule has 0 N–H and O–H groups in total. The van der Waals surface area contributed by atoms with Crippen LogP contribution in [0.25, 0.3) is 0 Å². The summed E-state index contributed by atoms with van der Waals surface area (Å²) in [7, 11) is -15.7. The topological polar surface area (TPSA) is 307 Å². The van der Waals surface area contributed by atoms with Gasteiger partial charge in [-0.3, -0.25) is 38.4 Å². The monoisotopic (exact) mass is 1310 g/mol. The largest absolute Gasteiger partial charge is 0.300 e. The molecule has 0 bridgehead atoms. The van der Waals surface area contributed by atoms with E-state index in [-0.39, 0.29) is 76.3 Å². The minimum atomic E-state index is -3.26. The van der Waals surface area contributed by atoms with Gasteiger partial charge < -0.3 is 0 Å². The molecule has 0 aromatic rings. The van der Waals surface area contributed by atoms with E-state index in [9.17, 15) is 80.4 Å². The highest BCUT2D eigenvalue weighted by Crippen LogP contribution is 2.52. The number of ketones is 8. The molecular weight excluding hydrogens is 1190 g/mol. The van der Waals surface area contributed by atoms with Gasteiger partial charge in [-0.2, -0.15) is 0 Å². The summed E-state index contributed by atoms with van der Waals surface area (Å²) in [6, 6.07) is 0. The van der Waals surface area contributed by atoms with E-state index in [1.165, 1.54) is 59.8 Å². The van der Waals surface area contributed by atoms with Crippen LogP contribution < -0.4 is 0 Å². The van der Waals surface area contributed by atoms with Crippen molar-refractivity contribution in [3.8, 4) is 0 Å². The summed E-state index contributed by atoms with van der Waals surface area (Å²) in [5.41, 5.74) is 0.465. The third kappa shape index (κ3) is 35.8. The lowest BCUT2D eigenvalue weighted by atomic mass is 9.96. The average Bonchev–Trinajstić information content (AvgIpc) is 4.21. The van der Waals surface area contributed by atoms with E-state index >= 15 is 0 Å². The third-order valence-electron chi connectivity index (χ3n) is 16.1. The van der Waals surface area contributed by atoms with Crippen molar-refractivity contribution in [2.75, 3.05) is 34.5 Å². The van der Waals surface area contributed by atoms with Crippen LogP contribution in [-0.2, 0) is 87.5 Å². The predicted molar refractivity (Wildman–Crippen MR) is 347 cm³/mol. The Morgan fingerprint density at radius 3 is 1.25 bits per heavy atom. The van der Waals surface area contributed by atoms with E-state index in [0.717, 1.165) is 38.0 Å². The molecule has 3 fully saturated rings. The van der Waals surface area contributed by atoms with E-state index in [1.807, 2.05) is 20.8 Å². The van der Waals surface area contributed by atoms with Crippen molar-refractivity contribution in [3.63, 3.8) is 0 Å². The molecule has 0 aliphatic heterocycles. The van der Waals surface area contributed by atoms with Gasteiger partial charge in [-0.05, 0) is 77.0 Å². The van der Waals surface area contributed by atoms with Gasteiger partial charge in [-0.25, -0.2) is 42.1 Å². The Kier molecular flexibility index (Phi) is 46.7. The summed E-state index contributed by atoms with van der Waals surface area (Å²) in [5, 5.41) is -1.34. The van der Waals surface area contributed by atoms with Crippen molar-refractivity contribution in [1.82, 2.24) is 0 Å². The van der Waals surface area contributed by atoms with Gasteiger partial charge in [0.25, 0.3) is 0 Å². The first-order valence-electron chi connectivity index (χ1n) is 31.2. The number of hydrogen-bond acceptors (Lipinski definition) is 18. The van der Waals surface area contributed by atoms with E-state index in [1.54, 1.807) is 69.2 Å². The number of rotatable bonds is 32. The van der Waals surface area contributed by atoms with Gasteiger partial charge in [0.15, 0.2) is 60.8 Å². The Hall–Kier alpha value is -2.89. The van der Waals surface area contributed by atoms with Gasteiger partial charge in [-0.1, -0.05) is 137 Å². The Morgan fingerprint density at radius 2 is 0.953 bits per heavy atom. The molecule has 5 unspecified atom stereocenters. The van der Waals surface area contributed by atoms with Crippen LogP contribution in [0.1, 0.15) is 267 Å². The summed E-state index contributed by atoms with van der Waals surface area (Å²) in [6.45, 7) is 36.7. The molecule has 3 aliphatic carbocycles. The lowest BCUT2D eigenvalue weighted by Gasteiger charge is -2.21.